The summed E-state index contributed by atoms with van der Waals surface area (Å²) in [6.45, 7) is 4.56. The minimum Gasteiger partial charge on any atom is -0.349 e. The molecule has 1 N–H and O–H groups in total. The zero-order valence-corrected chi connectivity index (χ0v) is 20.1. The normalized spacial score (nSPS) is 14.1. The maximum Gasteiger partial charge on any atom is 0.269 e. The summed E-state index contributed by atoms with van der Waals surface area (Å²) in [7, 11) is 0. The SMILES string of the molecule is CC(C)Cn1c(SCc2cccc([N+](=O)[O-])c2)nc2cc(C(=O)NC3CCCC3)ccc2c1=O. The number of hydrogen-bond acceptors (Lipinski definition) is 6. The predicted octanol–water partition coefficient (Wildman–Crippen LogP) is 4.93. The van der Waals surface area contributed by atoms with Gasteiger partial charge in [-0.05, 0) is 42.5 Å². The van der Waals surface area contributed by atoms with Gasteiger partial charge in [-0.15, -0.1) is 0 Å². The van der Waals surface area contributed by atoms with Crippen LogP contribution in [0.2, 0.25) is 0 Å². The largest absolute Gasteiger partial charge is 0.349 e. The van der Waals surface area contributed by atoms with E-state index in [9.17, 15) is 19.7 Å². The fraction of sp³-hybridized carbons (Fsp3) is 0.400. The van der Waals surface area contributed by atoms with E-state index in [1.807, 2.05) is 19.9 Å². The monoisotopic (exact) mass is 480 g/mol. The Bertz CT molecular complexity index is 1280. The Morgan fingerprint density at radius 2 is 2.00 bits per heavy atom. The molecule has 1 aromatic heterocycles. The molecule has 0 atom stereocenters. The van der Waals surface area contributed by atoms with Crippen LogP contribution in [0.5, 0.6) is 0 Å². The molecule has 1 heterocycles. The van der Waals surface area contributed by atoms with Crippen molar-refractivity contribution < 1.29 is 9.72 Å². The average Bonchev–Trinajstić information content (AvgIpc) is 3.32. The van der Waals surface area contributed by atoms with Gasteiger partial charge in [-0.1, -0.05) is 50.6 Å². The molecule has 0 saturated heterocycles. The number of nitrogens with one attached hydrogen (secondary N) is 1. The highest BCUT2D eigenvalue weighted by molar-refractivity contribution is 7.98. The summed E-state index contributed by atoms with van der Waals surface area (Å²) >= 11 is 1.36. The topological polar surface area (TPSA) is 107 Å². The third-order valence-electron chi connectivity index (χ3n) is 5.91. The van der Waals surface area contributed by atoms with Gasteiger partial charge < -0.3 is 5.32 Å². The van der Waals surface area contributed by atoms with Gasteiger partial charge in [0.1, 0.15) is 0 Å². The molecule has 1 aliphatic rings. The van der Waals surface area contributed by atoms with Crippen LogP contribution >= 0.6 is 11.8 Å². The summed E-state index contributed by atoms with van der Waals surface area (Å²) < 4.78 is 1.66. The number of non-ortho nitro benzene ring substituents is 1. The van der Waals surface area contributed by atoms with E-state index in [4.69, 9.17) is 4.98 Å². The van der Waals surface area contributed by atoms with Crippen LogP contribution in [0.25, 0.3) is 10.9 Å². The molecule has 8 nitrogen and oxygen atoms in total. The van der Waals surface area contributed by atoms with Gasteiger partial charge in [-0.2, -0.15) is 0 Å². The summed E-state index contributed by atoms with van der Waals surface area (Å²) in [6.07, 6.45) is 4.25. The van der Waals surface area contributed by atoms with Gasteiger partial charge in [-0.25, -0.2) is 4.98 Å². The molecule has 34 heavy (non-hydrogen) atoms. The van der Waals surface area contributed by atoms with Gasteiger partial charge in [0.25, 0.3) is 17.2 Å². The third-order valence-corrected chi connectivity index (χ3v) is 6.96. The lowest BCUT2D eigenvalue weighted by Crippen LogP contribution is -2.32. The van der Waals surface area contributed by atoms with E-state index in [0.717, 1.165) is 31.2 Å². The Labute approximate surface area is 201 Å². The fourth-order valence-corrected chi connectivity index (χ4v) is 5.18. The van der Waals surface area contributed by atoms with Crippen molar-refractivity contribution in [2.45, 2.75) is 63.0 Å². The summed E-state index contributed by atoms with van der Waals surface area (Å²) in [6, 6.07) is 11.7. The molecular formula is C25H28N4O4S. The number of nitro benzene ring substituents is 1. The maximum atomic E-state index is 13.3. The molecule has 0 spiro atoms. The smallest absolute Gasteiger partial charge is 0.269 e. The molecule has 4 rings (SSSR count). The zero-order chi connectivity index (χ0) is 24.2. The lowest BCUT2D eigenvalue weighted by Gasteiger charge is -2.16. The minimum atomic E-state index is -0.421. The molecule has 178 valence electrons. The van der Waals surface area contributed by atoms with Crippen LogP contribution in [-0.4, -0.2) is 26.4 Å². The number of carbonyl (C=O) groups excluding carboxylic acids is 1. The minimum absolute atomic E-state index is 0.0297. The number of benzene rings is 2. The van der Waals surface area contributed by atoms with Gasteiger partial charge in [0.15, 0.2) is 5.16 Å². The number of rotatable bonds is 8. The molecule has 1 fully saturated rings. The number of hydrogen-bond donors (Lipinski definition) is 1. The quantitative estimate of drug-likeness (QED) is 0.212. The Morgan fingerprint density at radius 1 is 1.24 bits per heavy atom. The molecule has 0 radical (unpaired) electrons. The molecule has 3 aromatic rings. The maximum absolute atomic E-state index is 13.3. The molecule has 1 amide bonds. The van der Waals surface area contributed by atoms with Gasteiger partial charge in [0.05, 0.1) is 15.8 Å². The van der Waals surface area contributed by atoms with E-state index in [1.165, 1.54) is 23.9 Å². The second kappa shape index (κ2) is 10.4. The first-order valence-electron chi connectivity index (χ1n) is 11.5. The summed E-state index contributed by atoms with van der Waals surface area (Å²) in [4.78, 5) is 41.5. The number of carbonyl (C=O) groups is 1. The Kier molecular flexibility index (Phi) is 7.31. The van der Waals surface area contributed by atoms with Crippen molar-refractivity contribution >= 4 is 34.3 Å². The van der Waals surface area contributed by atoms with Crippen LogP contribution in [-0.2, 0) is 12.3 Å². The van der Waals surface area contributed by atoms with Crippen molar-refractivity contribution in [1.29, 1.82) is 0 Å². The fourth-order valence-electron chi connectivity index (χ4n) is 4.22. The average molecular weight is 481 g/mol. The molecule has 1 saturated carbocycles. The van der Waals surface area contributed by atoms with E-state index in [2.05, 4.69) is 5.32 Å². The van der Waals surface area contributed by atoms with Gasteiger partial charge in [0.2, 0.25) is 0 Å². The second-order valence-corrected chi connectivity index (χ2v) is 10.0. The van der Waals surface area contributed by atoms with Crippen LogP contribution in [0.1, 0.15) is 55.5 Å². The number of fused-ring (bicyclic) bond motifs is 1. The number of amides is 1. The molecule has 0 bridgehead atoms. The van der Waals surface area contributed by atoms with E-state index in [-0.39, 0.29) is 29.1 Å². The first kappa shape index (κ1) is 23.9. The molecule has 9 heteroatoms. The summed E-state index contributed by atoms with van der Waals surface area (Å²) in [5.41, 5.74) is 1.62. The predicted molar refractivity (Wildman–Crippen MR) is 133 cm³/mol. The molecular weight excluding hydrogens is 452 g/mol. The van der Waals surface area contributed by atoms with Crippen LogP contribution in [0.3, 0.4) is 0 Å². The Balaban J connectivity index is 1.66. The van der Waals surface area contributed by atoms with E-state index in [0.29, 0.717) is 33.9 Å². The number of nitrogens with zero attached hydrogens (tertiary/aromatic N) is 3. The lowest BCUT2D eigenvalue weighted by molar-refractivity contribution is -0.384. The molecule has 1 aliphatic carbocycles. The van der Waals surface area contributed by atoms with Crippen LogP contribution in [0.15, 0.2) is 52.4 Å². The van der Waals surface area contributed by atoms with Crippen molar-refractivity contribution in [2.24, 2.45) is 5.92 Å². The summed E-state index contributed by atoms with van der Waals surface area (Å²) in [5.74, 6) is 0.512. The van der Waals surface area contributed by atoms with Crippen LogP contribution in [0.4, 0.5) is 5.69 Å². The summed E-state index contributed by atoms with van der Waals surface area (Å²) in [5, 5.41) is 15.2. The first-order valence-corrected chi connectivity index (χ1v) is 12.5. The van der Waals surface area contributed by atoms with E-state index in [1.54, 1.807) is 28.8 Å². The standard InChI is InChI=1S/C25H28N4O4S/c1-16(2)14-28-24(31)21-11-10-18(23(30)26-19-7-3-4-8-19)13-22(21)27-25(28)34-15-17-6-5-9-20(12-17)29(32)33/h5-6,9-13,16,19H,3-4,7-8,14-15H2,1-2H3,(H,26,30). The lowest BCUT2D eigenvalue weighted by atomic mass is 10.1. The number of aromatic nitrogens is 2. The third kappa shape index (κ3) is 5.47. The van der Waals surface area contributed by atoms with Gasteiger partial charge in [-0.3, -0.25) is 24.3 Å². The highest BCUT2D eigenvalue weighted by Gasteiger charge is 2.19. The first-order chi connectivity index (χ1) is 16.3. The second-order valence-electron chi connectivity index (χ2n) is 9.11. The Hall–Kier alpha value is -3.20. The Morgan fingerprint density at radius 3 is 2.71 bits per heavy atom. The molecule has 0 unspecified atom stereocenters. The molecule has 0 aliphatic heterocycles. The highest BCUT2D eigenvalue weighted by Crippen LogP contribution is 2.25. The van der Waals surface area contributed by atoms with Gasteiger partial charge >= 0.3 is 0 Å². The van der Waals surface area contributed by atoms with E-state index < -0.39 is 4.92 Å². The number of nitro groups is 1. The van der Waals surface area contributed by atoms with Crippen molar-refractivity contribution in [1.82, 2.24) is 14.9 Å². The van der Waals surface area contributed by atoms with Crippen molar-refractivity contribution in [3.63, 3.8) is 0 Å². The van der Waals surface area contributed by atoms with Crippen molar-refractivity contribution in [2.75, 3.05) is 0 Å². The number of thioether (sulfide) groups is 1. The van der Waals surface area contributed by atoms with E-state index >= 15 is 0 Å². The van der Waals surface area contributed by atoms with Crippen molar-refractivity contribution in [3.05, 3.63) is 74.1 Å². The van der Waals surface area contributed by atoms with Crippen LogP contribution in [0, 0.1) is 16.0 Å². The van der Waals surface area contributed by atoms with Gasteiger partial charge in [0, 0.05) is 36.0 Å². The molecule has 2 aromatic carbocycles. The highest BCUT2D eigenvalue weighted by atomic mass is 32.2. The zero-order valence-electron chi connectivity index (χ0n) is 19.3. The van der Waals surface area contributed by atoms with Crippen LogP contribution < -0.4 is 10.9 Å². The van der Waals surface area contributed by atoms with Crippen molar-refractivity contribution in [3.8, 4) is 0 Å².